The minimum absolute atomic E-state index is 0.135. The molecule has 1 heterocycles. The minimum Gasteiger partial charge on any atom is -0.489 e. The lowest BCUT2D eigenvalue weighted by Gasteiger charge is -2.13. The monoisotopic (exact) mass is 267 g/mol. The highest BCUT2D eigenvalue weighted by Crippen LogP contribution is 2.28. The van der Waals surface area contributed by atoms with Crippen LogP contribution in [0.3, 0.4) is 0 Å². The van der Waals surface area contributed by atoms with Gasteiger partial charge in [-0.1, -0.05) is 23.5 Å². The van der Waals surface area contributed by atoms with Crippen molar-refractivity contribution in [2.75, 3.05) is 5.32 Å². The number of aromatic amines is 1. The van der Waals surface area contributed by atoms with E-state index >= 15 is 0 Å². The Morgan fingerprint density at radius 3 is 2.82 bits per heavy atom. The molecule has 0 spiro atoms. The molecular formula is C11H13N3OS2. The van der Waals surface area contributed by atoms with Crippen LogP contribution in [0.5, 0.6) is 5.75 Å². The molecule has 0 aliphatic heterocycles. The maximum atomic E-state index is 5.70. The van der Waals surface area contributed by atoms with Crippen molar-refractivity contribution >= 4 is 34.4 Å². The Kier molecular flexibility index (Phi) is 3.75. The fraction of sp³-hybridized carbons (Fsp3) is 0.273. The van der Waals surface area contributed by atoms with Crippen molar-refractivity contribution < 1.29 is 4.74 Å². The molecule has 0 aliphatic carbocycles. The van der Waals surface area contributed by atoms with Gasteiger partial charge in [-0.2, -0.15) is 0 Å². The second kappa shape index (κ2) is 5.29. The third-order valence-corrected chi connectivity index (χ3v) is 2.93. The van der Waals surface area contributed by atoms with E-state index in [1.807, 2.05) is 38.1 Å². The summed E-state index contributed by atoms with van der Waals surface area (Å²) < 4.78 is 6.35. The number of rotatable bonds is 4. The number of anilines is 2. The van der Waals surface area contributed by atoms with Gasteiger partial charge in [-0.3, -0.25) is 5.10 Å². The molecule has 0 fully saturated rings. The molecule has 0 aliphatic rings. The molecule has 2 aromatic rings. The van der Waals surface area contributed by atoms with Gasteiger partial charge in [0.1, 0.15) is 5.75 Å². The van der Waals surface area contributed by atoms with Crippen LogP contribution < -0.4 is 10.1 Å². The summed E-state index contributed by atoms with van der Waals surface area (Å²) in [6.45, 7) is 3.99. The fourth-order valence-electron chi connectivity index (χ4n) is 1.33. The number of hydrogen-bond donors (Lipinski definition) is 2. The summed E-state index contributed by atoms with van der Waals surface area (Å²) in [4.78, 5) is 0. The fourth-order valence-corrected chi connectivity index (χ4v) is 2.13. The smallest absolute Gasteiger partial charge is 0.208 e. The molecule has 0 radical (unpaired) electrons. The summed E-state index contributed by atoms with van der Waals surface area (Å²) in [6.07, 6.45) is 0.135. The average Bonchev–Trinajstić information content (AvgIpc) is 2.66. The Morgan fingerprint density at radius 2 is 2.18 bits per heavy atom. The van der Waals surface area contributed by atoms with Crippen LogP contribution >= 0.6 is 23.6 Å². The quantitative estimate of drug-likeness (QED) is 0.829. The molecule has 1 aromatic carbocycles. The zero-order valence-electron chi connectivity index (χ0n) is 9.56. The highest BCUT2D eigenvalue weighted by atomic mass is 32.1. The van der Waals surface area contributed by atoms with Crippen LogP contribution in [0.1, 0.15) is 13.8 Å². The summed E-state index contributed by atoms with van der Waals surface area (Å²) in [6, 6.07) is 7.76. The first-order valence-electron chi connectivity index (χ1n) is 5.23. The van der Waals surface area contributed by atoms with E-state index in [2.05, 4.69) is 15.5 Å². The number of H-pyrrole nitrogens is 1. The Morgan fingerprint density at radius 1 is 1.41 bits per heavy atom. The van der Waals surface area contributed by atoms with Gasteiger partial charge in [-0.15, -0.1) is 5.10 Å². The molecular weight excluding hydrogens is 254 g/mol. The Balaban J connectivity index is 2.23. The number of nitrogens with zero attached hydrogens (tertiary/aromatic N) is 1. The van der Waals surface area contributed by atoms with E-state index in [-0.39, 0.29) is 6.10 Å². The van der Waals surface area contributed by atoms with E-state index in [4.69, 9.17) is 17.0 Å². The molecule has 0 amide bonds. The second-order valence-corrected chi connectivity index (χ2v) is 5.37. The molecule has 2 N–H and O–H groups in total. The first-order chi connectivity index (χ1) is 8.15. The standard InChI is InChI=1S/C11H13N3OS2/c1-7(2)15-9-6-4-3-5-8(9)12-10-13-14-11(16)17-10/h3-7H,1-2H3,(H,12,13)(H,14,16). The van der Waals surface area contributed by atoms with Crippen LogP contribution in [0.15, 0.2) is 24.3 Å². The topological polar surface area (TPSA) is 49.9 Å². The van der Waals surface area contributed by atoms with Crippen molar-refractivity contribution in [2.45, 2.75) is 20.0 Å². The molecule has 0 atom stereocenters. The van der Waals surface area contributed by atoms with Crippen molar-refractivity contribution in [2.24, 2.45) is 0 Å². The lowest BCUT2D eigenvalue weighted by atomic mass is 10.3. The highest BCUT2D eigenvalue weighted by Gasteiger charge is 2.06. The van der Waals surface area contributed by atoms with Gasteiger partial charge in [0.2, 0.25) is 5.13 Å². The molecule has 0 unspecified atom stereocenters. The van der Waals surface area contributed by atoms with Crippen LogP contribution in [0.25, 0.3) is 0 Å². The van der Waals surface area contributed by atoms with Gasteiger partial charge < -0.3 is 10.1 Å². The molecule has 6 heteroatoms. The lowest BCUT2D eigenvalue weighted by Crippen LogP contribution is -2.07. The summed E-state index contributed by atoms with van der Waals surface area (Å²) in [5, 5.41) is 10.7. The van der Waals surface area contributed by atoms with Crippen LogP contribution in [-0.4, -0.2) is 16.3 Å². The van der Waals surface area contributed by atoms with Crippen molar-refractivity contribution in [3.05, 3.63) is 28.2 Å². The van der Waals surface area contributed by atoms with Gasteiger partial charge in [-0.05, 0) is 38.2 Å². The van der Waals surface area contributed by atoms with E-state index in [0.29, 0.717) is 3.95 Å². The van der Waals surface area contributed by atoms with Gasteiger partial charge in [0.25, 0.3) is 0 Å². The van der Waals surface area contributed by atoms with E-state index in [1.165, 1.54) is 11.3 Å². The summed E-state index contributed by atoms with van der Waals surface area (Å²) >= 11 is 6.37. The second-order valence-electron chi connectivity index (χ2n) is 3.71. The molecule has 0 saturated heterocycles. The van der Waals surface area contributed by atoms with Crippen LogP contribution in [0.4, 0.5) is 10.8 Å². The van der Waals surface area contributed by atoms with E-state index in [9.17, 15) is 0 Å². The van der Waals surface area contributed by atoms with Crippen molar-refractivity contribution in [1.82, 2.24) is 10.2 Å². The Labute approximate surface area is 109 Å². The van der Waals surface area contributed by atoms with Gasteiger partial charge in [-0.25, -0.2) is 0 Å². The van der Waals surface area contributed by atoms with Crippen LogP contribution in [-0.2, 0) is 0 Å². The van der Waals surface area contributed by atoms with Gasteiger partial charge in [0, 0.05) is 0 Å². The first kappa shape index (κ1) is 12.1. The molecule has 0 saturated carbocycles. The van der Waals surface area contributed by atoms with Crippen LogP contribution in [0, 0.1) is 3.95 Å². The van der Waals surface area contributed by atoms with E-state index < -0.39 is 0 Å². The Hall–Kier alpha value is -1.40. The number of ether oxygens (including phenoxy) is 1. The Bertz CT molecular complexity index is 547. The number of nitrogens with one attached hydrogen (secondary N) is 2. The van der Waals surface area contributed by atoms with E-state index in [1.54, 1.807) is 0 Å². The highest BCUT2D eigenvalue weighted by molar-refractivity contribution is 7.73. The molecule has 4 nitrogen and oxygen atoms in total. The zero-order chi connectivity index (χ0) is 12.3. The number of para-hydroxylation sites is 2. The average molecular weight is 267 g/mol. The van der Waals surface area contributed by atoms with Crippen molar-refractivity contribution in [1.29, 1.82) is 0 Å². The molecule has 0 bridgehead atoms. The molecule has 2 rings (SSSR count). The minimum atomic E-state index is 0.135. The zero-order valence-corrected chi connectivity index (χ0v) is 11.2. The molecule has 17 heavy (non-hydrogen) atoms. The van der Waals surface area contributed by atoms with Gasteiger partial charge >= 0.3 is 0 Å². The molecule has 90 valence electrons. The largest absolute Gasteiger partial charge is 0.489 e. The maximum Gasteiger partial charge on any atom is 0.208 e. The van der Waals surface area contributed by atoms with Gasteiger partial charge in [0.15, 0.2) is 3.95 Å². The van der Waals surface area contributed by atoms with E-state index in [0.717, 1.165) is 16.6 Å². The van der Waals surface area contributed by atoms with Crippen molar-refractivity contribution in [3.63, 3.8) is 0 Å². The third kappa shape index (κ3) is 3.28. The maximum absolute atomic E-state index is 5.70. The summed E-state index contributed by atoms with van der Waals surface area (Å²) in [5.41, 5.74) is 0.888. The third-order valence-electron chi connectivity index (χ3n) is 1.93. The normalized spacial score (nSPS) is 10.5. The predicted molar refractivity (Wildman–Crippen MR) is 72.8 cm³/mol. The first-order valence-corrected chi connectivity index (χ1v) is 6.46. The molecule has 1 aromatic heterocycles. The SMILES string of the molecule is CC(C)Oc1ccccc1Nc1n[nH]c(=S)s1. The summed E-state index contributed by atoms with van der Waals surface area (Å²) in [5.74, 6) is 0.809. The number of benzene rings is 1. The predicted octanol–water partition coefficient (Wildman–Crippen LogP) is 3.73. The number of aromatic nitrogens is 2. The van der Waals surface area contributed by atoms with Crippen molar-refractivity contribution in [3.8, 4) is 5.75 Å². The van der Waals surface area contributed by atoms with Gasteiger partial charge in [0.05, 0.1) is 11.8 Å². The summed E-state index contributed by atoms with van der Waals surface area (Å²) in [7, 11) is 0. The lowest BCUT2D eigenvalue weighted by molar-refractivity contribution is 0.244. The van der Waals surface area contributed by atoms with Crippen LogP contribution in [0.2, 0.25) is 0 Å². The number of hydrogen-bond acceptors (Lipinski definition) is 5.